The molecule has 0 aliphatic carbocycles. The lowest BCUT2D eigenvalue weighted by molar-refractivity contribution is -0.515. The van der Waals surface area contributed by atoms with Crippen LogP contribution in [0.1, 0.15) is 26.7 Å². The zero-order valence-corrected chi connectivity index (χ0v) is 6.72. The van der Waals surface area contributed by atoms with E-state index < -0.39 is 0 Å². The second-order valence-corrected chi connectivity index (χ2v) is 1.93. The van der Waals surface area contributed by atoms with E-state index in [9.17, 15) is 0 Å². The quantitative estimate of drug-likeness (QED) is 0.433. The van der Waals surface area contributed by atoms with E-state index in [1.165, 1.54) is 7.11 Å². The summed E-state index contributed by atoms with van der Waals surface area (Å²) in [5.41, 5.74) is 0. The maximum atomic E-state index is 4.71. The summed E-state index contributed by atoms with van der Waals surface area (Å²) in [6, 6.07) is 0. The minimum atomic E-state index is 0. The Morgan fingerprint density at radius 1 is 1.40 bits per heavy atom. The molecule has 0 aliphatic heterocycles. The highest BCUT2D eigenvalue weighted by Crippen LogP contribution is 2.00. The van der Waals surface area contributed by atoms with Gasteiger partial charge in [0, 0.05) is 0 Å². The van der Waals surface area contributed by atoms with Crippen LogP contribution in [-0.4, -0.2) is 18.7 Å². The molecule has 0 bridgehead atoms. The summed E-state index contributed by atoms with van der Waals surface area (Å²) in [4.78, 5) is 8.95. The molecule has 0 aromatic rings. The van der Waals surface area contributed by atoms with E-state index in [1.54, 1.807) is 0 Å². The maximum Gasteiger partial charge on any atom is 0.0933 e. The smallest absolute Gasteiger partial charge is 0.0933 e. The molecule has 4 nitrogen and oxygen atoms in total. The predicted molar refractivity (Wildman–Crippen MR) is 37.2 cm³/mol. The summed E-state index contributed by atoms with van der Waals surface area (Å²) in [5.74, 6) is 0. The highest BCUT2D eigenvalue weighted by Gasteiger charge is 1.99. The standard InChI is InChI=1S/C6H14O3.H2O/c1-4-5-6(2)8-9-7-3;/h6H,4-5H2,1-3H3;1H2. The number of hydrogen-bond donors (Lipinski definition) is 0. The van der Waals surface area contributed by atoms with Crippen molar-refractivity contribution < 1.29 is 20.3 Å². The molecular formula is C6H16O4. The number of hydrogen-bond acceptors (Lipinski definition) is 3. The van der Waals surface area contributed by atoms with Crippen molar-refractivity contribution in [3.63, 3.8) is 0 Å². The van der Waals surface area contributed by atoms with Gasteiger partial charge in [-0.3, -0.25) is 0 Å². The van der Waals surface area contributed by atoms with Crippen molar-refractivity contribution in [2.75, 3.05) is 7.11 Å². The molecule has 2 N–H and O–H groups in total. The molecule has 1 atom stereocenters. The van der Waals surface area contributed by atoms with E-state index in [4.69, 9.17) is 4.89 Å². The molecule has 0 saturated carbocycles. The third kappa shape index (κ3) is 7.84. The van der Waals surface area contributed by atoms with E-state index in [0.29, 0.717) is 0 Å². The van der Waals surface area contributed by atoms with E-state index in [0.717, 1.165) is 12.8 Å². The van der Waals surface area contributed by atoms with Crippen molar-refractivity contribution >= 4 is 0 Å². The van der Waals surface area contributed by atoms with Gasteiger partial charge in [-0.15, -0.1) is 0 Å². The highest BCUT2D eigenvalue weighted by molar-refractivity contribution is 4.42. The van der Waals surface area contributed by atoms with Crippen molar-refractivity contribution in [3.8, 4) is 0 Å². The lowest BCUT2D eigenvalue weighted by Crippen LogP contribution is -2.07. The molecule has 0 amide bonds. The Labute approximate surface area is 61.2 Å². The van der Waals surface area contributed by atoms with Gasteiger partial charge in [0.1, 0.15) is 0 Å². The molecule has 0 rings (SSSR count). The van der Waals surface area contributed by atoms with Crippen LogP contribution in [0.2, 0.25) is 0 Å². The molecule has 4 heteroatoms. The Morgan fingerprint density at radius 3 is 2.40 bits per heavy atom. The summed E-state index contributed by atoms with van der Waals surface area (Å²) >= 11 is 0. The molecule has 10 heavy (non-hydrogen) atoms. The van der Waals surface area contributed by atoms with Crippen LogP contribution in [0.15, 0.2) is 0 Å². The SMILES string of the molecule is CCCC(C)OOOC.O. The second kappa shape index (κ2) is 8.84. The van der Waals surface area contributed by atoms with Crippen LogP contribution in [0.3, 0.4) is 0 Å². The van der Waals surface area contributed by atoms with Gasteiger partial charge in [0.2, 0.25) is 0 Å². The Morgan fingerprint density at radius 2 is 2.00 bits per heavy atom. The molecule has 0 aromatic heterocycles. The van der Waals surface area contributed by atoms with Crippen LogP contribution in [0.25, 0.3) is 0 Å². The van der Waals surface area contributed by atoms with Gasteiger partial charge in [0.05, 0.1) is 13.2 Å². The van der Waals surface area contributed by atoms with Gasteiger partial charge >= 0.3 is 0 Å². The lowest BCUT2D eigenvalue weighted by Gasteiger charge is -2.06. The van der Waals surface area contributed by atoms with Gasteiger partial charge < -0.3 is 5.48 Å². The van der Waals surface area contributed by atoms with Gasteiger partial charge in [-0.25, -0.2) is 9.78 Å². The third-order valence-electron chi connectivity index (χ3n) is 0.967. The fourth-order valence-corrected chi connectivity index (χ4v) is 0.561. The molecule has 0 aliphatic rings. The minimum absolute atomic E-state index is 0. The highest BCUT2D eigenvalue weighted by atomic mass is 17.5. The molecule has 0 heterocycles. The monoisotopic (exact) mass is 152 g/mol. The second-order valence-electron chi connectivity index (χ2n) is 1.93. The normalized spacial score (nSPS) is 12.3. The summed E-state index contributed by atoms with van der Waals surface area (Å²) < 4.78 is 0. The molecule has 0 aromatic carbocycles. The first-order valence-corrected chi connectivity index (χ1v) is 3.17. The average Bonchev–Trinajstić information content (AvgIpc) is 1.85. The lowest BCUT2D eigenvalue weighted by atomic mass is 10.2. The van der Waals surface area contributed by atoms with E-state index >= 15 is 0 Å². The fraction of sp³-hybridized carbons (Fsp3) is 1.00. The van der Waals surface area contributed by atoms with Gasteiger partial charge in [-0.1, -0.05) is 18.4 Å². The van der Waals surface area contributed by atoms with Crippen molar-refractivity contribution in [2.24, 2.45) is 0 Å². The molecule has 0 fully saturated rings. The largest absolute Gasteiger partial charge is 0.412 e. The zero-order valence-electron chi connectivity index (χ0n) is 6.72. The van der Waals surface area contributed by atoms with Crippen molar-refractivity contribution in [3.05, 3.63) is 0 Å². The van der Waals surface area contributed by atoms with Crippen LogP contribution >= 0.6 is 0 Å². The zero-order chi connectivity index (χ0) is 7.11. The minimum Gasteiger partial charge on any atom is -0.412 e. The first-order valence-electron chi connectivity index (χ1n) is 3.17. The summed E-state index contributed by atoms with van der Waals surface area (Å²) in [5, 5.41) is 4.25. The summed E-state index contributed by atoms with van der Waals surface area (Å²) in [6.07, 6.45) is 2.20. The van der Waals surface area contributed by atoms with Crippen LogP contribution in [-0.2, 0) is 14.8 Å². The summed E-state index contributed by atoms with van der Waals surface area (Å²) in [6.45, 7) is 4.02. The van der Waals surface area contributed by atoms with Gasteiger partial charge in [0.25, 0.3) is 0 Å². The average molecular weight is 152 g/mol. The fourth-order valence-electron chi connectivity index (χ4n) is 0.561. The van der Waals surface area contributed by atoms with Crippen LogP contribution < -0.4 is 0 Å². The van der Waals surface area contributed by atoms with E-state index in [1.807, 2.05) is 6.92 Å². The molecule has 1 unspecified atom stereocenters. The molecule has 0 saturated heterocycles. The van der Waals surface area contributed by atoms with E-state index in [-0.39, 0.29) is 11.6 Å². The maximum absolute atomic E-state index is 4.71. The van der Waals surface area contributed by atoms with Crippen LogP contribution in [0.4, 0.5) is 0 Å². The van der Waals surface area contributed by atoms with Gasteiger partial charge in [0.15, 0.2) is 0 Å². The van der Waals surface area contributed by atoms with Crippen molar-refractivity contribution in [2.45, 2.75) is 32.8 Å². The van der Waals surface area contributed by atoms with Gasteiger partial charge in [-0.05, 0) is 13.3 Å². The molecule has 0 radical (unpaired) electrons. The van der Waals surface area contributed by atoms with E-state index in [2.05, 4.69) is 16.8 Å². The first-order chi connectivity index (χ1) is 4.31. The Balaban J connectivity index is 0. The topological polar surface area (TPSA) is 59.2 Å². The number of rotatable bonds is 5. The van der Waals surface area contributed by atoms with Crippen LogP contribution in [0.5, 0.6) is 0 Å². The van der Waals surface area contributed by atoms with Crippen LogP contribution in [0, 0.1) is 0 Å². The molecular weight excluding hydrogens is 136 g/mol. The molecule has 0 spiro atoms. The first kappa shape index (κ1) is 12.5. The summed E-state index contributed by atoms with van der Waals surface area (Å²) in [7, 11) is 1.42. The Hall–Kier alpha value is -0.160. The Bertz CT molecular complexity index is 57.7. The van der Waals surface area contributed by atoms with Crippen molar-refractivity contribution in [1.29, 1.82) is 0 Å². The molecule has 64 valence electrons. The third-order valence-corrected chi connectivity index (χ3v) is 0.967. The Kier molecular flexibility index (Phi) is 11.1. The van der Waals surface area contributed by atoms with Crippen molar-refractivity contribution in [1.82, 2.24) is 0 Å². The predicted octanol–water partition coefficient (Wildman–Crippen LogP) is 0.860. The van der Waals surface area contributed by atoms with Gasteiger partial charge in [-0.2, -0.15) is 0 Å².